The highest BCUT2D eigenvalue weighted by Gasteiger charge is 2.35. The number of nitrogens with one attached hydrogen (secondary N) is 1. The van der Waals surface area contributed by atoms with E-state index in [0.717, 1.165) is 30.3 Å². The smallest absolute Gasteiger partial charge is 0.420 e. The number of sulfonamides is 1. The predicted octanol–water partition coefficient (Wildman–Crippen LogP) is 3.00. The van der Waals surface area contributed by atoms with Crippen molar-refractivity contribution >= 4 is 21.6 Å². The van der Waals surface area contributed by atoms with Crippen LogP contribution < -0.4 is 15.2 Å². The number of nitrogens with zero attached hydrogens (tertiary/aromatic N) is 1. The van der Waals surface area contributed by atoms with Gasteiger partial charge in [-0.1, -0.05) is 0 Å². The van der Waals surface area contributed by atoms with Gasteiger partial charge in [-0.05, 0) is 42.5 Å². The summed E-state index contributed by atoms with van der Waals surface area (Å²) in [5.74, 6) is -1.35. The standard InChI is InChI=1S/C16H12F3N3O4S/c17-16(18,19)13-9-10(22-15(23)7-8-20)1-6-14(13)26-11-2-4-12(5-3-11)27(21,24)25/h1-6,9H,7H2,(H,22,23)(H2,21,24,25). The van der Waals surface area contributed by atoms with Gasteiger partial charge in [-0.2, -0.15) is 18.4 Å². The third kappa shape index (κ3) is 5.44. The van der Waals surface area contributed by atoms with Crippen LogP contribution in [0, 0.1) is 11.3 Å². The molecular formula is C16H12F3N3O4S. The van der Waals surface area contributed by atoms with Crippen molar-refractivity contribution in [3.8, 4) is 17.6 Å². The number of benzene rings is 2. The van der Waals surface area contributed by atoms with Crippen molar-refractivity contribution in [3.63, 3.8) is 0 Å². The normalized spacial score (nSPS) is 11.5. The van der Waals surface area contributed by atoms with Crippen molar-refractivity contribution in [1.29, 1.82) is 5.26 Å². The largest absolute Gasteiger partial charge is 0.457 e. The topological polar surface area (TPSA) is 122 Å². The summed E-state index contributed by atoms with van der Waals surface area (Å²) in [6, 6.07) is 8.92. The van der Waals surface area contributed by atoms with E-state index in [-0.39, 0.29) is 16.3 Å². The van der Waals surface area contributed by atoms with Gasteiger partial charge in [-0.15, -0.1) is 0 Å². The second kappa shape index (κ2) is 7.65. The first-order chi connectivity index (χ1) is 12.5. The molecular weight excluding hydrogens is 387 g/mol. The predicted molar refractivity (Wildman–Crippen MR) is 88.2 cm³/mol. The quantitative estimate of drug-likeness (QED) is 0.800. The summed E-state index contributed by atoms with van der Waals surface area (Å²) in [6.07, 6.45) is -5.29. The van der Waals surface area contributed by atoms with E-state index in [1.54, 1.807) is 6.07 Å². The van der Waals surface area contributed by atoms with Gasteiger partial charge in [0.25, 0.3) is 0 Å². The summed E-state index contributed by atoms with van der Waals surface area (Å²) in [4.78, 5) is 11.1. The molecule has 1 amide bonds. The maximum Gasteiger partial charge on any atom is 0.420 e. The molecule has 7 nitrogen and oxygen atoms in total. The van der Waals surface area contributed by atoms with Crippen LogP contribution in [0.15, 0.2) is 47.4 Å². The van der Waals surface area contributed by atoms with Gasteiger partial charge in [-0.25, -0.2) is 13.6 Å². The van der Waals surface area contributed by atoms with Crippen molar-refractivity contribution in [3.05, 3.63) is 48.0 Å². The molecule has 27 heavy (non-hydrogen) atoms. The van der Waals surface area contributed by atoms with Gasteiger partial charge >= 0.3 is 6.18 Å². The Kier molecular flexibility index (Phi) is 5.72. The number of ether oxygens (including phenoxy) is 1. The summed E-state index contributed by atoms with van der Waals surface area (Å²) in [7, 11) is -3.94. The number of primary sulfonamides is 1. The minimum atomic E-state index is -4.79. The van der Waals surface area contributed by atoms with Crippen LogP contribution in [0.25, 0.3) is 0 Å². The Balaban J connectivity index is 2.33. The molecule has 2 aromatic rings. The number of alkyl halides is 3. The maximum atomic E-state index is 13.3. The van der Waals surface area contributed by atoms with E-state index in [0.29, 0.717) is 6.07 Å². The first-order valence-electron chi connectivity index (χ1n) is 7.19. The number of nitrogens with two attached hydrogens (primary N) is 1. The minimum Gasteiger partial charge on any atom is -0.457 e. The summed E-state index contributed by atoms with van der Waals surface area (Å²) >= 11 is 0. The SMILES string of the molecule is N#CCC(=O)Nc1ccc(Oc2ccc(S(N)(=O)=O)cc2)c(C(F)(F)F)c1. The third-order valence-corrected chi connectivity index (χ3v) is 4.12. The fraction of sp³-hybridized carbons (Fsp3) is 0.125. The van der Waals surface area contributed by atoms with Gasteiger partial charge in [0.1, 0.15) is 23.5 Å². The van der Waals surface area contributed by atoms with Crippen LogP contribution in [0.1, 0.15) is 12.0 Å². The van der Waals surface area contributed by atoms with E-state index in [2.05, 4.69) is 5.32 Å². The lowest BCUT2D eigenvalue weighted by molar-refractivity contribution is -0.138. The van der Waals surface area contributed by atoms with E-state index in [9.17, 15) is 26.4 Å². The summed E-state index contributed by atoms with van der Waals surface area (Å²) in [6.45, 7) is 0. The molecule has 0 bridgehead atoms. The number of hydrogen-bond acceptors (Lipinski definition) is 5. The lowest BCUT2D eigenvalue weighted by Crippen LogP contribution is -2.13. The third-order valence-electron chi connectivity index (χ3n) is 3.19. The number of carbonyl (C=O) groups excluding carboxylic acids is 1. The molecule has 0 unspecified atom stereocenters. The molecule has 0 aliphatic heterocycles. The lowest BCUT2D eigenvalue weighted by Gasteiger charge is -2.15. The fourth-order valence-corrected chi connectivity index (χ4v) is 2.54. The Morgan fingerprint density at radius 2 is 1.81 bits per heavy atom. The number of halogens is 3. The van der Waals surface area contributed by atoms with Crippen molar-refractivity contribution in [1.82, 2.24) is 0 Å². The summed E-state index contributed by atoms with van der Waals surface area (Å²) in [5.41, 5.74) is -1.31. The second-order valence-electron chi connectivity index (χ2n) is 5.21. The molecule has 11 heteroatoms. The van der Waals surface area contributed by atoms with Gasteiger partial charge in [0.15, 0.2) is 0 Å². The van der Waals surface area contributed by atoms with E-state index < -0.39 is 39.8 Å². The first-order valence-corrected chi connectivity index (χ1v) is 8.74. The van der Waals surface area contributed by atoms with E-state index in [1.165, 1.54) is 6.07 Å². The molecule has 0 aromatic heterocycles. The Morgan fingerprint density at radius 1 is 1.19 bits per heavy atom. The van der Waals surface area contributed by atoms with Crippen LogP contribution in [0.5, 0.6) is 11.5 Å². The molecule has 2 aromatic carbocycles. The number of nitriles is 1. The first kappa shape index (κ1) is 20.2. The van der Waals surface area contributed by atoms with Crippen molar-refractivity contribution in [2.24, 2.45) is 5.14 Å². The highest BCUT2D eigenvalue weighted by molar-refractivity contribution is 7.89. The fourth-order valence-electron chi connectivity index (χ4n) is 2.02. The molecule has 142 valence electrons. The van der Waals surface area contributed by atoms with Crippen LogP contribution in [-0.2, 0) is 21.0 Å². The summed E-state index contributed by atoms with van der Waals surface area (Å²) < 4.78 is 67.5. The summed E-state index contributed by atoms with van der Waals surface area (Å²) in [5, 5.41) is 15.5. The highest BCUT2D eigenvalue weighted by Crippen LogP contribution is 2.39. The molecule has 0 heterocycles. The zero-order chi connectivity index (χ0) is 20.2. The van der Waals surface area contributed by atoms with Crippen molar-refractivity contribution in [2.75, 3.05) is 5.32 Å². The minimum absolute atomic E-state index is 0.0471. The number of amides is 1. The highest BCUT2D eigenvalue weighted by atomic mass is 32.2. The van der Waals surface area contributed by atoms with Crippen LogP contribution in [0.4, 0.5) is 18.9 Å². The molecule has 0 saturated heterocycles. The molecule has 0 spiro atoms. The number of hydrogen-bond donors (Lipinski definition) is 2. The van der Waals surface area contributed by atoms with Gasteiger partial charge in [0, 0.05) is 5.69 Å². The molecule has 0 saturated carbocycles. The number of carbonyl (C=O) groups is 1. The van der Waals surface area contributed by atoms with E-state index in [4.69, 9.17) is 15.1 Å². The second-order valence-corrected chi connectivity index (χ2v) is 6.77. The Labute approximate surface area is 152 Å². The van der Waals surface area contributed by atoms with Crippen molar-refractivity contribution in [2.45, 2.75) is 17.5 Å². The monoisotopic (exact) mass is 399 g/mol. The average Bonchev–Trinajstić information content (AvgIpc) is 2.55. The van der Waals surface area contributed by atoms with Gasteiger partial charge in [0.05, 0.1) is 11.0 Å². The van der Waals surface area contributed by atoms with Crippen LogP contribution >= 0.6 is 0 Å². The number of rotatable bonds is 5. The van der Waals surface area contributed by atoms with Crippen LogP contribution in [-0.4, -0.2) is 14.3 Å². The van der Waals surface area contributed by atoms with Gasteiger partial charge < -0.3 is 10.1 Å². The van der Waals surface area contributed by atoms with E-state index >= 15 is 0 Å². The molecule has 0 fully saturated rings. The Hall–Kier alpha value is -3.10. The molecule has 3 N–H and O–H groups in total. The molecule has 0 atom stereocenters. The molecule has 0 radical (unpaired) electrons. The van der Waals surface area contributed by atoms with Crippen molar-refractivity contribution < 1.29 is 31.1 Å². The van der Waals surface area contributed by atoms with Gasteiger partial charge in [0.2, 0.25) is 15.9 Å². The zero-order valence-corrected chi connectivity index (χ0v) is 14.3. The lowest BCUT2D eigenvalue weighted by atomic mass is 10.1. The maximum absolute atomic E-state index is 13.3. The van der Waals surface area contributed by atoms with Crippen LogP contribution in [0.2, 0.25) is 0 Å². The average molecular weight is 399 g/mol. The zero-order valence-electron chi connectivity index (χ0n) is 13.4. The Bertz CT molecular complexity index is 997. The molecule has 0 aliphatic carbocycles. The number of anilines is 1. The molecule has 0 aliphatic rings. The van der Waals surface area contributed by atoms with Gasteiger partial charge in [-0.3, -0.25) is 4.79 Å². The Morgan fingerprint density at radius 3 is 2.33 bits per heavy atom. The van der Waals surface area contributed by atoms with Crippen LogP contribution in [0.3, 0.4) is 0 Å². The van der Waals surface area contributed by atoms with E-state index in [1.807, 2.05) is 0 Å². The molecule has 2 rings (SSSR count).